The maximum Gasteiger partial charge on any atom is 0.0569 e. The minimum absolute atomic E-state index is 0.0694. The first-order valence-corrected chi connectivity index (χ1v) is 6.06. The Bertz CT molecular complexity index is 198. The molecule has 0 aromatic carbocycles. The Morgan fingerprint density at radius 2 is 1.93 bits per heavy atom. The number of nitrogens with two attached hydrogens (primary N) is 1. The summed E-state index contributed by atoms with van der Waals surface area (Å²) < 4.78 is 0. The van der Waals surface area contributed by atoms with Gasteiger partial charge in [0.1, 0.15) is 0 Å². The van der Waals surface area contributed by atoms with Crippen molar-refractivity contribution in [2.24, 2.45) is 17.6 Å². The monoisotopic (exact) mass is 197 g/mol. The van der Waals surface area contributed by atoms with Crippen LogP contribution in [0.5, 0.6) is 0 Å². The second kappa shape index (κ2) is 3.82. The molecule has 0 aromatic rings. The van der Waals surface area contributed by atoms with Crippen molar-refractivity contribution in [1.82, 2.24) is 0 Å². The molecule has 2 fully saturated rings. The number of hydrogen-bond donors (Lipinski definition) is 2. The molecule has 2 rings (SSSR count). The van der Waals surface area contributed by atoms with Gasteiger partial charge in [0.15, 0.2) is 0 Å². The quantitative estimate of drug-likeness (QED) is 0.711. The molecule has 0 saturated heterocycles. The number of rotatable bonds is 2. The molecule has 14 heavy (non-hydrogen) atoms. The summed E-state index contributed by atoms with van der Waals surface area (Å²) in [6, 6.07) is 0. The Morgan fingerprint density at radius 1 is 1.29 bits per heavy atom. The van der Waals surface area contributed by atoms with Crippen molar-refractivity contribution in [2.45, 2.75) is 63.5 Å². The van der Waals surface area contributed by atoms with Crippen LogP contribution < -0.4 is 5.73 Å². The smallest absolute Gasteiger partial charge is 0.0569 e. The van der Waals surface area contributed by atoms with Crippen LogP contribution in [0.3, 0.4) is 0 Å². The first kappa shape index (κ1) is 10.4. The van der Waals surface area contributed by atoms with Crippen molar-refractivity contribution in [3.8, 4) is 0 Å². The van der Waals surface area contributed by atoms with E-state index in [-0.39, 0.29) is 11.6 Å². The molecule has 2 atom stereocenters. The van der Waals surface area contributed by atoms with Crippen LogP contribution in [0, 0.1) is 11.8 Å². The topological polar surface area (TPSA) is 46.2 Å². The number of aliphatic hydroxyl groups is 1. The lowest BCUT2D eigenvalue weighted by Gasteiger charge is -2.46. The van der Waals surface area contributed by atoms with Crippen LogP contribution in [0.2, 0.25) is 0 Å². The normalized spacial score (nSPS) is 48.6. The number of hydrogen-bond acceptors (Lipinski definition) is 2. The molecule has 2 aliphatic carbocycles. The summed E-state index contributed by atoms with van der Waals surface area (Å²) in [5.41, 5.74) is 6.35. The Balaban J connectivity index is 1.84. The zero-order valence-corrected chi connectivity index (χ0v) is 9.21. The van der Waals surface area contributed by atoms with E-state index in [1.807, 2.05) is 0 Å². The van der Waals surface area contributed by atoms with E-state index in [0.717, 1.165) is 31.6 Å². The van der Waals surface area contributed by atoms with Crippen molar-refractivity contribution in [3.05, 3.63) is 0 Å². The van der Waals surface area contributed by atoms with Gasteiger partial charge >= 0.3 is 0 Å². The summed E-state index contributed by atoms with van der Waals surface area (Å²) in [6.45, 7) is 2.27. The average molecular weight is 197 g/mol. The summed E-state index contributed by atoms with van der Waals surface area (Å²) in [4.78, 5) is 0. The van der Waals surface area contributed by atoms with E-state index in [4.69, 9.17) is 5.73 Å². The standard InChI is InChI=1S/C12H23NO/c1-9-6-12(13,7-9)8-10-4-2-3-5-11(10)14/h9-11,14H,2-8,13H2,1H3. The molecule has 3 N–H and O–H groups in total. The minimum atomic E-state index is -0.0694. The van der Waals surface area contributed by atoms with E-state index in [2.05, 4.69) is 6.92 Å². The van der Waals surface area contributed by atoms with Gasteiger partial charge in [-0.3, -0.25) is 0 Å². The molecule has 0 aromatic heterocycles. The second-order valence-corrected chi connectivity index (χ2v) is 5.69. The maximum absolute atomic E-state index is 9.86. The summed E-state index contributed by atoms with van der Waals surface area (Å²) in [5, 5.41) is 9.86. The Labute approximate surface area is 86.9 Å². The van der Waals surface area contributed by atoms with Gasteiger partial charge in [-0.15, -0.1) is 0 Å². The Kier molecular flexibility index (Phi) is 2.85. The molecule has 0 heterocycles. The van der Waals surface area contributed by atoms with Gasteiger partial charge in [0.2, 0.25) is 0 Å². The van der Waals surface area contributed by atoms with E-state index in [0.29, 0.717) is 5.92 Å². The van der Waals surface area contributed by atoms with Gasteiger partial charge in [-0.1, -0.05) is 19.8 Å². The van der Waals surface area contributed by atoms with E-state index in [9.17, 15) is 5.11 Å². The lowest BCUT2D eigenvalue weighted by atomic mass is 9.64. The molecule has 2 heteroatoms. The van der Waals surface area contributed by atoms with E-state index >= 15 is 0 Å². The van der Waals surface area contributed by atoms with Crippen LogP contribution in [0.4, 0.5) is 0 Å². The van der Waals surface area contributed by atoms with Gasteiger partial charge in [0.25, 0.3) is 0 Å². The molecule has 2 aliphatic rings. The van der Waals surface area contributed by atoms with Crippen LogP contribution in [-0.2, 0) is 0 Å². The summed E-state index contributed by atoms with van der Waals surface area (Å²) in [7, 11) is 0. The minimum Gasteiger partial charge on any atom is -0.393 e. The molecular weight excluding hydrogens is 174 g/mol. The largest absolute Gasteiger partial charge is 0.393 e. The first-order chi connectivity index (χ1) is 6.59. The SMILES string of the molecule is CC1CC(N)(CC2CCCCC2O)C1. The van der Waals surface area contributed by atoms with Gasteiger partial charge in [0, 0.05) is 5.54 Å². The number of aliphatic hydroxyl groups excluding tert-OH is 1. The third-order valence-electron chi connectivity index (χ3n) is 4.05. The highest BCUT2D eigenvalue weighted by molar-refractivity contribution is 4.99. The molecule has 0 bridgehead atoms. The van der Waals surface area contributed by atoms with Crippen LogP contribution in [-0.4, -0.2) is 16.7 Å². The highest BCUT2D eigenvalue weighted by Crippen LogP contribution is 2.42. The van der Waals surface area contributed by atoms with Crippen molar-refractivity contribution in [2.75, 3.05) is 0 Å². The van der Waals surface area contributed by atoms with Crippen LogP contribution in [0.15, 0.2) is 0 Å². The van der Waals surface area contributed by atoms with E-state index < -0.39 is 0 Å². The second-order valence-electron chi connectivity index (χ2n) is 5.69. The lowest BCUT2D eigenvalue weighted by Crippen LogP contribution is -2.53. The van der Waals surface area contributed by atoms with Crippen molar-refractivity contribution < 1.29 is 5.11 Å². The molecule has 82 valence electrons. The third-order valence-corrected chi connectivity index (χ3v) is 4.05. The van der Waals surface area contributed by atoms with Gasteiger partial charge in [-0.05, 0) is 43.9 Å². The van der Waals surface area contributed by atoms with Crippen molar-refractivity contribution in [3.63, 3.8) is 0 Å². The zero-order chi connectivity index (χ0) is 10.2. The highest BCUT2D eigenvalue weighted by Gasteiger charge is 2.41. The third kappa shape index (κ3) is 2.12. The predicted molar refractivity (Wildman–Crippen MR) is 57.9 cm³/mol. The van der Waals surface area contributed by atoms with E-state index in [1.165, 1.54) is 19.3 Å². The zero-order valence-electron chi connectivity index (χ0n) is 9.21. The highest BCUT2D eigenvalue weighted by atomic mass is 16.3. The van der Waals surface area contributed by atoms with Crippen LogP contribution in [0.25, 0.3) is 0 Å². The molecule has 0 amide bonds. The Hall–Kier alpha value is -0.0800. The molecule has 0 radical (unpaired) electrons. The fraction of sp³-hybridized carbons (Fsp3) is 1.00. The van der Waals surface area contributed by atoms with Gasteiger partial charge in [-0.25, -0.2) is 0 Å². The van der Waals surface area contributed by atoms with Crippen molar-refractivity contribution in [1.29, 1.82) is 0 Å². The lowest BCUT2D eigenvalue weighted by molar-refractivity contribution is 0.0281. The van der Waals surface area contributed by atoms with Gasteiger partial charge in [0.05, 0.1) is 6.10 Å². The molecule has 2 unspecified atom stereocenters. The predicted octanol–water partition coefficient (Wildman–Crippen LogP) is 2.05. The summed E-state index contributed by atoms with van der Waals surface area (Å²) in [6.07, 6.45) is 7.98. The molecular formula is C12H23NO. The molecule has 2 nitrogen and oxygen atoms in total. The molecule has 0 spiro atoms. The summed E-state index contributed by atoms with van der Waals surface area (Å²) >= 11 is 0. The Morgan fingerprint density at radius 3 is 2.50 bits per heavy atom. The summed E-state index contributed by atoms with van der Waals surface area (Å²) in [5.74, 6) is 1.29. The van der Waals surface area contributed by atoms with Crippen LogP contribution >= 0.6 is 0 Å². The van der Waals surface area contributed by atoms with Crippen LogP contribution in [0.1, 0.15) is 51.9 Å². The van der Waals surface area contributed by atoms with Gasteiger partial charge in [-0.2, -0.15) is 0 Å². The van der Waals surface area contributed by atoms with E-state index in [1.54, 1.807) is 0 Å². The molecule has 0 aliphatic heterocycles. The van der Waals surface area contributed by atoms with Crippen molar-refractivity contribution >= 4 is 0 Å². The fourth-order valence-corrected chi connectivity index (χ4v) is 3.44. The average Bonchev–Trinajstić information content (AvgIpc) is 2.06. The maximum atomic E-state index is 9.86. The molecule has 2 saturated carbocycles. The van der Waals surface area contributed by atoms with Gasteiger partial charge < -0.3 is 10.8 Å². The first-order valence-electron chi connectivity index (χ1n) is 6.06. The fourth-order valence-electron chi connectivity index (χ4n) is 3.44.